The van der Waals surface area contributed by atoms with Gasteiger partial charge in [-0.05, 0) is 35.7 Å². The lowest BCUT2D eigenvalue weighted by Crippen LogP contribution is -2.47. The second-order valence-electron chi connectivity index (χ2n) is 6.63. The molecule has 2 amide bonds. The van der Waals surface area contributed by atoms with Crippen molar-refractivity contribution in [1.29, 1.82) is 0 Å². The Labute approximate surface area is 174 Å². The van der Waals surface area contributed by atoms with E-state index in [-0.39, 0.29) is 11.5 Å². The lowest BCUT2D eigenvalue weighted by Gasteiger charge is -2.26. The summed E-state index contributed by atoms with van der Waals surface area (Å²) in [6, 6.07) is 15.4. The molecule has 1 aliphatic heterocycles. The Balaban J connectivity index is 1.51. The van der Waals surface area contributed by atoms with Crippen molar-refractivity contribution in [3.8, 4) is 0 Å². The highest BCUT2D eigenvalue weighted by Crippen LogP contribution is 2.29. The summed E-state index contributed by atoms with van der Waals surface area (Å²) in [7, 11) is 0. The van der Waals surface area contributed by atoms with E-state index in [1.807, 2.05) is 12.1 Å². The Bertz CT molecular complexity index is 1360. The lowest BCUT2D eigenvalue weighted by molar-refractivity contribution is -0.103. The summed E-state index contributed by atoms with van der Waals surface area (Å²) in [5.41, 5.74) is 4.38. The van der Waals surface area contributed by atoms with Crippen LogP contribution < -0.4 is 5.43 Å². The Hall–Kier alpha value is -3.97. The summed E-state index contributed by atoms with van der Waals surface area (Å²) >= 11 is 5.95. The van der Waals surface area contributed by atoms with Crippen LogP contribution in [0.4, 0.5) is 0 Å². The lowest BCUT2D eigenvalue weighted by atomic mass is 9.95. The fraction of sp³-hybridized carbons (Fsp3) is 0. The highest BCUT2D eigenvalue weighted by molar-refractivity contribution is 6.31. The number of hydrogen-bond acceptors (Lipinski definition) is 6. The first kappa shape index (κ1) is 18.1. The van der Waals surface area contributed by atoms with Gasteiger partial charge in [-0.3, -0.25) is 19.8 Å². The van der Waals surface area contributed by atoms with Crippen LogP contribution >= 0.6 is 11.6 Å². The molecule has 3 aromatic carbocycles. The third kappa shape index (κ3) is 2.75. The van der Waals surface area contributed by atoms with E-state index in [9.17, 15) is 14.4 Å². The molecule has 1 N–H and O–H groups in total. The molecular weight excluding hydrogens is 406 g/mol. The normalized spacial score (nSPS) is 13.9. The number of fused-ring (bicyclic) bond motifs is 1. The number of aromatic nitrogens is 1. The molecule has 0 radical (unpaired) electrons. The number of nitrogens with zero attached hydrogens (tertiary/aromatic N) is 2. The van der Waals surface area contributed by atoms with Crippen molar-refractivity contribution in [2.24, 2.45) is 0 Å². The van der Waals surface area contributed by atoms with Crippen LogP contribution in [0.2, 0.25) is 5.02 Å². The second-order valence-corrected chi connectivity index (χ2v) is 7.07. The van der Waals surface area contributed by atoms with E-state index in [2.05, 4.69) is 10.4 Å². The van der Waals surface area contributed by atoms with Gasteiger partial charge in [0.05, 0.1) is 16.7 Å². The second kappa shape index (κ2) is 6.82. The maximum Gasteiger partial charge on any atom is 0.280 e. The van der Waals surface area contributed by atoms with Crippen molar-refractivity contribution in [3.63, 3.8) is 0 Å². The van der Waals surface area contributed by atoms with Gasteiger partial charge in [-0.15, -0.1) is 0 Å². The molecule has 146 valence electrons. The number of halogens is 1. The number of carbonyl (C=O) groups excluding carboxylic acids is 3. The minimum absolute atomic E-state index is 0.0278. The summed E-state index contributed by atoms with van der Waals surface area (Å²) in [6.07, 6.45) is 1.73. The predicted octanol–water partition coefficient (Wildman–Crippen LogP) is 3.98. The number of aldehydes is 1. The molecule has 0 bridgehead atoms. The molecule has 8 heteroatoms. The van der Waals surface area contributed by atoms with E-state index in [0.29, 0.717) is 38.9 Å². The van der Waals surface area contributed by atoms with Gasteiger partial charge in [-0.1, -0.05) is 35.9 Å². The minimum Gasteiger partial charge on any atom is -0.436 e. The Kier molecular flexibility index (Phi) is 4.11. The van der Waals surface area contributed by atoms with Gasteiger partial charge in [0, 0.05) is 16.6 Å². The van der Waals surface area contributed by atoms with Crippen LogP contribution in [0, 0.1) is 0 Å². The van der Waals surface area contributed by atoms with E-state index < -0.39 is 11.8 Å². The molecule has 1 aliphatic rings. The van der Waals surface area contributed by atoms with Crippen molar-refractivity contribution >= 4 is 57.1 Å². The van der Waals surface area contributed by atoms with Gasteiger partial charge in [0.2, 0.25) is 5.89 Å². The van der Waals surface area contributed by atoms with Gasteiger partial charge in [0.1, 0.15) is 5.52 Å². The molecule has 30 heavy (non-hydrogen) atoms. The van der Waals surface area contributed by atoms with Crippen LogP contribution in [0.5, 0.6) is 0 Å². The number of hydrazine groups is 1. The van der Waals surface area contributed by atoms with E-state index >= 15 is 0 Å². The average molecular weight is 418 g/mol. The zero-order chi connectivity index (χ0) is 20.8. The van der Waals surface area contributed by atoms with Gasteiger partial charge in [-0.25, -0.2) is 4.98 Å². The third-order valence-electron chi connectivity index (χ3n) is 4.84. The standard InChI is InChI=1S/C22H12ClN3O4/c23-14-7-8-18-17(9-14)25-20(30-18)13(11-27)10-24-26-21(28)15-5-1-3-12-4-2-6-16(19(12)15)22(26)29/h1-11,24H/b13-10+. The number of imide groups is 1. The van der Waals surface area contributed by atoms with E-state index in [0.717, 1.165) is 10.4 Å². The van der Waals surface area contributed by atoms with Crippen LogP contribution in [0.15, 0.2) is 65.2 Å². The molecular formula is C22H12ClN3O4. The zero-order valence-electron chi connectivity index (χ0n) is 15.3. The summed E-state index contributed by atoms with van der Waals surface area (Å²) in [5.74, 6) is -1.00. The Morgan fingerprint density at radius 2 is 1.73 bits per heavy atom. The van der Waals surface area contributed by atoms with Crippen molar-refractivity contribution < 1.29 is 18.8 Å². The molecule has 5 rings (SSSR count). The molecule has 0 spiro atoms. The summed E-state index contributed by atoms with van der Waals surface area (Å²) in [6.45, 7) is 0. The monoisotopic (exact) mass is 417 g/mol. The number of hydrogen-bond donors (Lipinski definition) is 1. The maximum absolute atomic E-state index is 12.9. The molecule has 0 saturated heterocycles. The van der Waals surface area contributed by atoms with Gasteiger partial charge in [-0.2, -0.15) is 5.01 Å². The molecule has 2 heterocycles. The highest BCUT2D eigenvalue weighted by Gasteiger charge is 2.32. The number of oxazole rings is 1. The van der Waals surface area contributed by atoms with Gasteiger partial charge >= 0.3 is 0 Å². The molecule has 0 fully saturated rings. The first-order valence-corrected chi connectivity index (χ1v) is 9.33. The van der Waals surface area contributed by atoms with Crippen molar-refractivity contribution in [2.75, 3.05) is 0 Å². The summed E-state index contributed by atoms with van der Waals surface area (Å²) in [5, 5.41) is 2.76. The SMILES string of the molecule is O=C/C(=C\NN1C(=O)c2cccc3cccc(c23)C1=O)c1nc2cc(Cl)ccc2o1. The fourth-order valence-corrected chi connectivity index (χ4v) is 3.62. The van der Waals surface area contributed by atoms with Crippen LogP contribution in [0.3, 0.4) is 0 Å². The molecule has 4 aromatic rings. The van der Waals surface area contributed by atoms with Crippen LogP contribution in [0.1, 0.15) is 26.6 Å². The zero-order valence-corrected chi connectivity index (χ0v) is 16.0. The first-order chi connectivity index (χ1) is 14.6. The molecule has 0 saturated carbocycles. The molecule has 0 atom stereocenters. The molecule has 0 aliphatic carbocycles. The molecule has 7 nitrogen and oxygen atoms in total. The Morgan fingerprint density at radius 3 is 2.40 bits per heavy atom. The summed E-state index contributed by atoms with van der Waals surface area (Å²) in [4.78, 5) is 41.7. The quantitative estimate of drug-likeness (QED) is 0.307. The van der Waals surface area contributed by atoms with Crippen molar-refractivity contribution in [3.05, 3.63) is 82.8 Å². The molecule has 0 unspecified atom stereocenters. The highest BCUT2D eigenvalue weighted by atomic mass is 35.5. The van der Waals surface area contributed by atoms with Crippen molar-refractivity contribution in [2.45, 2.75) is 0 Å². The first-order valence-electron chi connectivity index (χ1n) is 8.95. The van der Waals surface area contributed by atoms with Crippen LogP contribution in [-0.4, -0.2) is 28.1 Å². The number of carbonyl (C=O) groups is 3. The third-order valence-corrected chi connectivity index (χ3v) is 5.08. The van der Waals surface area contributed by atoms with Gasteiger partial charge in [0.25, 0.3) is 11.8 Å². The largest absolute Gasteiger partial charge is 0.436 e. The summed E-state index contributed by atoms with van der Waals surface area (Å²) < 4.78 is 5.57. The Morgan fingerprint density at radius 1 is 1.03 bits per heavy atom. The van der Waals surface area contributed by atoms with Crippen LogP contribution in [-0.2, 0) is 4.79 Å². The number of nitrogens with one attached hydrogen (secondary N) is 1. The number of benzene rings is 3. The molecule has 1 aromatic heterocycles. The van der Waals surface area contributed by atoms with E-state index in [4.69, 9.17) is 16.0 Å². The predicted molar refractivity (Wildman–Crippen MR) is 111 cm³/mol. The van der Waals surface area contributed by atoms with E-state index in [1.165, 1.54) is 6.20 Å². The van der Waals surface area contributed by atoms with Gasteiger partial charge < -0.3 is 4.42 Å². The number of amides is 2. The van der Waals surface area contributed by atoms with E-state index in [1.54, 1.807) is 42.5 Å². The van der Waals surface area contributed by atoms with Crippen LogP contribution in [0.25, 0.3) is 27.4 Å². The van der Waals surface area contributed by atoms with Crippen molar-refractivity contribution in [1.82, 2.24) is 15.4 Å². The number of rotatable bonds is 4. The van der Waals surface area contributed by atoms with Gasteiger partial charge in [0.15, 0.2) is 11.9 Å². The topological polar surface area (TPSA) is 92.5 Å². The minimum atomic E-state index is -0.518. The smallest absolute Gasteiger partial charge is 0.280 e. The number of allylic oxidation sites excluding steroid dienone is 1. The maximum atomic E-state index is 12.9. The fourth-order valence-electron chi connectivity index (χ4n) is 3.45. The average Bonchev–Trinajstić information content (AvgIpc) is 3.17.